The molecule has 0 aliphatic heterocycles. The van der Waals surface area contributed by atoms with Crippen molar-refractivity contribution in [3.05, 3.63) is 57.7 Å². The molecule has 0 bridgehead atoms. The largest absolute Gasteiger partial charge is 0.350 e. The van der Waals surface area contributed by atoms with E-state index in [2.05, 4.69) is 27.8 Å². The third-order valence-corrected chi connectivity index (χ3v) is 6.00. The maximum absolute atomic E-state index is 11.9. The van der Waals surface area contributed by atoms with Gasteiger partial charge in [-0.2, -0.15) is 0 Å². The van der Waals surface area contributed by atoms with E-state index in [9.17, 15) is 4.79 Å². The van der Waals surface area contributed by atoms with Crippen molar-refractivity contribution in [1.82, 2.24) is 10.3 Å². The lowest BCUT2D eigenvalue weighted by atomic mass is 10.3. The Bertz CT molecular complexity index is 780. The standard InChI is InChI=1S/C17H16N2OS3/c1-12-19-15(10-21-12)16-8-7-14(23-16)9-18-17(20)11-22-13-5-3-2-4-6-13/h2-8,10H,9,11H2,1H3,(H,18,20). The van der Waals surface area contributed by atoms with Crippen LogP contribution in [0, 0.1) is 6.92 Å². The molecule has 3 aromatic rings. The van der Waals surface area contributed by atoms with Gasteiger partial charge in [0.1, 0.15) is 0 Å². The molecule has 2 heterocycles. The summed E-state index contributed by atoms with van der Waals surface area (Å²) < 4.78 is 0. The number of benzene rings is 1. The third kappa shape index (κ3) is 4.67. The molecule has 1 amide bonds. The molecule has 3 rings (SSSR count). The van der Waals surface area contributed by atoms with Crippen molar-refractivity contribution in [2.24, 2.45) is 0 Å². The Kier molecular flexibility index (Phi) is 5.48. The van der Waals surface area contributed by atoms with Crippen LogP contribution >= 0.6 is 34.4 Å². The van der Waals surface area contributed by atoms with Crippen molar-refractivity contribution >= 4 is 40.3 Å². The molecule has 2 aromatic heterocycles. The molecular weight excluding hydrogens is 344 g/mol. The van der Waals surface area contributed by atoms with Gasteiger partial charge in [0.15, 0.2) is 0 Å². The van der Waals surface area contributed by atoms with Gasteiger partial charge in [-0.15, -0.1) is 34.4 Å². The number of nitrogens with one attached hydrogen (secondary N) is 1. The van der Waals surface area contributed by atoms with Crippen molar-refractivity contribution in [2.75, 3.05) is 5.75 Å². The molecule has 1 N–H and O–H groups in total. The molecule has 0 saturated carbocycles. The summed E-state index contributed by atoms with van der Waals surface area (Å²) in [7, 11) is 0. The maximum Gasteiger partial charge on any atom is 0.230 e. The molecule has 0 aliphatic carbocycles. The zero-order chi connectivity index (χ0) is 16.1. The predicted molar refractivity (Wildman–Crippen MR) is 99.2 cm³/mol. The Morgan fingerprint density at radius 3 is 2.78 bits per heavy atom. The van der Waals surface area contributed by atoms with Gasteiger partial charge < -0.3 is 5.32 Å². The van der Waals surface area contributed by atoms with Gasteiger partial charge in [-0.05, 0) is 31.2 Å². The zero-order valence-electron chi connectivity index (χ0n) is 12.6. The van der Waals surface area contributed by atoms with Crippen molar-refractivity contribution in [2.45, 2.75) is 18.4 Å². The number of carbonyl (C=O) groups is 1. The first-order valence-electron chi connectivity index (χ1n) is 7.16. The minimum absolute atomic E-state index is 0.0540. The monoisotopic (exact) mass is 360 g/mol. The highest BCUT2D eigenvalue weighted by atomic mass is 32.2. The summed E-state index contributed by atoms with van der Waals surface area (Å²) in [4.78, 5) is 19.8. The number of thiophene rings is 1. The van der Waals surface area contributed by atoms with Crippen molar-refractivity contribution < 1.29 is 4.79 Å². The number of nitrogens with zero attached hydrogens (tertiary/aromatic N) is 1. The number of rotatable bonds is 6. The summed E-state index contributed by atoms with van der Waals surface area (Å²) in [6.45, 7) is 2.58. The molecule has 23 heavy (non-hydrogen) atoms. The average molecular weight is 361 g/mol. The van der Waals surface area contributed by atoms with Gasteiger partial charge in [-0.1, -0.05) is 18.2 Å². The molecular formula is C17H16N2OS3. The summed E-state index contributed by atoms with van der Waals surface area (Å²) >= 11 is 4.88. The fraction of sp³-hybridized carbons (Fsp3) is 0.176. The van der Waals surface area contributed by atoms with Crippen LogP contribution < -0.4 is 5.32 Å². The number of thioether (sulfide) groups is 1. The quantitative estimate of drug-likeness (QED) is 0.654. The molecule has 0 saturated heterocycles. The molecule has 0 radical (unpaired) electrons. The topological polar surface area (TPSA) is 42.0 Å². The Morgan fingerprint density at radius 1 is 1.22 bits per heavy atom. The normalized spacial score (nSPS) is 10.7. The predicted octanol–water partition coefficient (Wildman–Crippen LogP) is 4.59. The lowest BCUT2D eigenvalue weighted by molar-refractivity contribution is -0.118. The van der Waals surface area contributed by atoms with Gasteiger partial charge in [0.25, 0.3) is 0 Å². The van der Waals surface area contributed by atoms with Crippen molar-refractivity contribution in [3.63, 3.8) is 0 Å². The van der Waals surface area contributed by atoms with Crippen LogP contribution in [0.15, 0.2) is 52.7 Å². The molecule has 1 aromatic carbocycles. The molecule has 3 nitrogen and oxygen atoms in total. The van der Waals surface area contributed by atoms with E-state index in [4.69, 9.17) is 0 Å². The number of carbonyl (C=O) groups excluding carboxylic acids is 1. The fourth-order valence-electron chi connectivity index (χ4n) is 1.99. The number of aryl methyl sites for hydroxylation is 1. The van der Waals surface area contributed by atoms with Crippen LogP contribution in [0.25, 0.3) is 10.6 Å². The number of hydrogen-bond acceptors (Lipinski definition) is 5. The minimum Gasteiger partial charge on any atom is -0.350 e. The van der Waals surface area contributed by atoms with E-state index >= 15 is 0 Å². The molecule has 0 spiro atoms. The van der Waals surface area contributed by atoms with Crippen LogP contribution in [0.1, 0.15) is 9.88 Å². The Balaban J connectivity index is 1.48. The van der Waals surface area contributed by atoms with E-state index in [0.29, 0.717) is 12.3 Å². The fourth-order valence-corrected chi connectivity index (χ4v) is 4.33. The van der Waals surface area contributed by atoms with E-state index < -0.39 is 0 Å². The number of aromatic nitrogens is 1. The zero-order valence-corrected chi connectivity index (χ0v) is 15.1. The van der Waals surface area contributed by atoms with E-state index in [0.717, 1.165) is 25.4 Å². The van der Waals surface area contributed by atoms with Gasteiger partial charge in [-0.3, -0.25) is 4.79 Å². The third-order valence-electron chi connectivity index (χ3n) is 3.11. The van der Waals surface area contributed by atoms with Gasteiger partial charge in [0.05, 0.1) is 27.9 Å². The van der Waals surface area contributed by atoms with Gasteiger partial charge in [0.2, 0.25) is 5.91 Å². The van der Waals surface area contributed by atoms with Crippen molar-refractivity contribution in [3.8, 4) is 10.6 Å². The first kappa shape index (κ1) is 16.2. The first-order chi connectivity index (χ1) is 11.2. The second kappa shape index (κ2) is 7.77. The van der Waals surface area contributed by atoms with Crippen LogP contribution in [0.3, 0.4) is 0 Å². The van der Waals surface area contributed by atoms with E-state index in [1.807, 2.05) is 37.3 Å². The summed E-state index contributed by atoms with van der Waals surface area (Å²) in [5, 5.41) is 6.11. The van der Waals surface area contributed by atoms with E-state index in [1.54, 1.807) is 34.4 Å². The van der Waals surface area contributed by atoms with Gasteiger partial charge >= 0.3 is 0 Å². The van der Waals surface area contributed by atoms with Crippen molar-refractivity contribution in [1.29, 1.82) is 0 Å². The second-order valence-corrected chi connectivity index (χ2v) is 8.18. The number of thiazole rings is 1. The molecule has 0 atom stereocenters. The summed E-state index contributed by atoms with van der Waals surface area (Å²) in [5.41, 5.74) is 1.02. The highest BCUT2D eigenvalue weighted by Crippen LogP contribution is 2.28. The van der Waals surface area contributed by atoms with E-state index in [-0.39, 0.29) is 5.91 Å². The number of amides is 1. The Hall–Kier alpha value is -1.63. The SMILES string of the molecule is Cc1nc(-c2ccc(CNC(=O)CSc3ccccc3)s2)cs1. The summed E-state index contributed by atoms with van der Waals surface area (Å²) in [5.74, 6) is 0.492. The second-order valence-electron chi connectivity index (χ2n) is 4.90. The van der Waals surface area contributed by atoms with Crippen LogP contribution in [0.2, 0.25) is 0 Å². The van der Waals surface area contributed by atoms with Crippen LogP contribution in [-0.2, 0) is 11.3 Å². The highest BCUT2D eigenvalue weighted by Gasteiger charge is 2.08. The lowest BCUT2D eigenvalue weighted by Gasteiger charge is -2.03. The van der Waals surface area contributed by atoms with E-state index in [1.165, 1.54) is 0 Å². The molecule has 6 heteroatoms. The molecule has 118 valence electrons. The smallest absolute Gasteiger partial charge is 0.230 e. The Labute approximate surface area is 147 Å². The maximum atomic E-state index is 11.9. The first-order valence-corrected chi connectivity index (χ1v) is 9.84. The number of hydrogen-bond donors (Lipinski definition) is 1. The minimum atomic E-state index is 0.0540. The molecule has 0 unspecified atom stereocenters. The van der Waals surface area contributed by atoms with Crippen LogP contribution in [-0.4, -0.2) is 16.6 Å². The highest BCUT2D eigenvalue weighted by molar-refractivity contribution is 8.00. The van der Waals surface area contributed by atoms with Crippen LogP contribution in [0.5, 0.6) is 0 Å². The van der Waals surface area contributed by atoms with Crippen LogP contribution in [0.4, 0.5) is 0 Å². The Morgan fingerprint density at radius 2 is 2.04 bits per heavy atom. The van der Waals surface area contributed by atoms with Gasteiger partial charge in [0, 0.05) is 15.2 Å². The van der Waals surface area contributed by atoms with Gasteiger partial charge in [-0.25, -0.2) is 4.98 Å². The summed E-state index contributed by atoms with van der Waals surface area (Å²) in [6.07, 6.45) is 0. The molecule has 0 fully saturated rings. The molecule has 0 aliphatic rings. The average Bonchev–Trinajstić information content (AvgIpc) is 3.20. The lowest BCUT2D eigenvalue weighted by Crippen LogP contribution is -2.24. The summed E-state index contributed by atoms with van der Waals surface area (Å²) in [6, 6.07) is 14.1.